The maximum absolute atomic E-state index is 11.2. The Labute approximate surface area is 103 Å². The molecule has 3 N–H and O–H groups in total. The minimum Gasteiger partial charge on any atom is -0.388 e. The number of nitrogens with one attached hydrogen (secondary N) is 2. The number of H-pyrrole nitrogens is 1. The number of aromatic amines is 1. The summed E-state index contributed by atoms with van der Waals surface area (Å²) in [5, 5.41) is 19.1. The van der Waals surface area contributed by atoms with E-state index in [0.717, 1.165) is 0 Å². The second-order valence-electron chi connectivity index (χ2n) is 4.12. The zero-order valence-electron chi connectivity index (χ0n) is 9.20. The summed E-state index contributed by atoms with van der Waals surface area (Å²) in [4.78, 5) is 11.2. The summed E-state index contributed by atoms with van der Waals surface area (Å²) in [5.41, 5.74) is -0.838. The smallest absolute Gasteiger partial charge is 0.285 e. The van der Waals surface area contributed by atoms with E-state index in [1.54, 1.807) is 0 Å². The summed E-state index contributed by atoms with van der Waals surface area (Å²) < 4.78 is 5.18. The van der Waals surface area contributed by atoms with E-state index >= 15 is 0 Å². The number of hydrogen-bond donors (Lipinski definition) is 3. The summed E-state index contributed by atoms with van der Waals surface area (Å²) in [6.07, 6.45) is 2.55. The molecule has 0 aliphatic carbocycles. The van der Waals surface area contributed by atoms with Gasteiger partial charge in [-0.25, -0.2) is 5.10 Å². The van der Waals surface area contributed by atoms with Gasteiger partial charge in [-0.1, -0.05) is 11.6 Å². The number of aromatic nitrogens is 2. The molecule has 1 aliphatic heterocycles. The lowest BCUT2D eigenvalue weighted by Gasteiger charge is -2.32. The summed E-state index contributed by atoms with van der Waals surface area (Å²) in [5.74, 6) is 0. The Morgan fingerprint density at radius 3 is 3.00 bits per heavy atom. The van der Waals surface area contributed by atoms with E-state index in [1.165, 1.54) is 6.20 Å². The molecule has 0 radical (unpaired) electrons. The number of anilines is 1. The first-order valence-electron chi connectivity index (χ1n) is 5.38. The van der Waals surface area contributed by atoms with E-state index in [2.05, 4.69) is 15.5 Å². The molecule has 0 amide bonds. The predicted molar refractivity (Wildman–Crippen MR) is 63.4 cm³/mol. The minimum absolute atomic E-state index is 0.0515. The molecular weight excluding hydrogens is 246 g/mol. The Morgan fingerprint density at radius 1 is 1.59 bits per heavy atom. The van der Waals surface area contributed by atoms with Gasteiger partial charge in [0, 0.05) is 32.6 Å². The molecule has 94 valence electrons. The molecule has 7 heteroatoms. The first-order chi connectivity index (χ1) is 8.11. The van der Waals surface area contributed by atoms with Gasteiger partial charge in [0.05, 0.1) is 17.5 Å². The lowest BCUT2D eigenvalue weighted by Crippen LogP contribution is -2.42. The van der Waals surface area contributed by atoms with Crippen LogP contribution in [0.25, 0.3) is 0 Å². The maximum Gasteiger partial charge on any atom is 0.285 e. The molecule has 2 heterocycles. The zero-order valence-corrected chi connectivity index (χ0v) is 9.96. The van der Waals surface area contributed by atoms with Crippen LogP contribution < -0.4 is 10.9 Å². The zero-order chi connectivity index (χ0) is 12.3. The van der Waals surface area contributed by atoms with Gasteiger partial charge >= 0.3 is 0 Å². The van der Waals surface area contributed by atoms with Crippen LogP contribution in [-0.4, -0.2) is 40.7 Å². The van der Waals surface area contributed by atoms with Gasteiger partial charge in [0.15, 0.2) is 0 Å². The van der Waals surface area contributed by atoms with Crippen LogP contribution in [0, 0.1) is 0 Å². The second kappa shape index (κ2) is 5.03. The molecule has 2 rings (SSSR count). The van der Waals surface area contributed by atoms with Gasteiger partial charge in [-0.3, -0.25) is 4.79 Å². The normalized spacial score (nSPS) is 18.9. The molecule has 1 aromatic heterocycles. The third kappa shape index (κ3) is 2.96. The topological polar surface area (TPSA) is 87.2 Å². The molecule has 0 bridgehead atoms. The minimum atomic E-state index is -0.815. The highest BCUT2D eigenvalue weighted by Gasteiger charge is 2.29. The monoisotopic (exact) mass is 259 g/mol. The highest BCUT2D eigenvalue weighted by molar-refractivity contribution is 6.32. The lowest BCUT2D eigenvalue weighted by molar-refractivity contribution is -0.0543. The Kier molecular flexibility index (Phi) is 3.66. The van der Waals surface area contributed by atoms with Gasteiger partial charge in [-0.15, -0.1) is 0 Å². The molecule has 1 aliphatic rings. The van der Waals surface area contributed by atoms with Gasteiger partial charge < -0.3 is 15.2 Å². The van der Waals surface area contributed by atoms with Gasteiger partial charge in [-0.2, -0.15) is 5.10 Å². The van der Waals surface area contributed by atoms with E-state index in [9.17, 15) is 9.90 Å². The molecule has 0 saturated carbocycles. The average molecular weight is 260 g/mol. The van der Waals surface area contributed by atoms with Gasteiger partial charge in [0.2, 0.25) is 0 Å². The van der Waals surface area contributed by atoms with E-state index < -0.39 is 11.2 Å². The predicted octanol–water partition coefficient (Wildman–Crippen LogP) is 0.377. The first kappa shape index (κ1) is 12.3. The van der Waals surface area contributed by atoms with Crippen molar-refractivity contribution in [1.29, 1.82) is 0 Å². The summed E-state index contributed by atoms with van der Waals surface area (Å²) in [7, 11) is 0. The van der Waals surface area contributed by atoms with Gasteiger partial charge in [0.25, 0.3) is 5.56 Å². The van der Waals surface area contributed by atoms with Crippen molar-refractivity contribution in [2.75, 3.05) is 25.1 Å². The number of ether oxygens (including phenoxy) is 1. The quantitative estimate of drug-likeness (QED) is 0.730. The van der Waals surface area contributed by atoms with Crippen LogP contribution in [0.1, 0.15) is 12.8 Å². The molecule has 0 unspecified atom stereocenters. The fraction of sp³-hybridized carbons (Fsp3) is 0.600. The summed E-state index contributed by atoms with van der Waals surface area (Å²) >= 11 is 5.80. The Balaban J connectivity index is 2.02. The Morgan fingerprint density at radius 2 is 2.29 bits per heavy atom. The van der Waals surface area contributed by atoms with E-state index in [4.69, 9.17) is 16.3 Å². The van der Waals surface area contributed by atoms with E-state index in [1.807, 2.05) is 0 Å². The molecule has 0 atom stereocenters. The number of halogens is 1. The number of rotatable bonds is 3. The molecule has 1 aromatic rings. The van der Waals surface area contributed by atoms with Crippen LogP contribution in [0.4, 0.5) is 5.69 Å². The number of nitrogens with zero attached hydrogens (tertiary/aromatic N) is 1. The lowest BCUT2D eigenvalue weighted by atomic mass is 9.94. The largest absolute Gasteiger partial charge is 0.388 e. The van der Waals surface area contributed by atoms with Crippen molar-refractivity contribution in [2.45, 2.75) is 18.4 Å². The molecule has 0 aromatic carbocycles. The Bertz CT molecular complexity index is 443. The fourth-order valence-corrected chi connectivity index (χ4v) is 1.85. The van der Waals surface area contributed by atoms with Crippen LogP contribution in [0.5, 0.6) is 0 Å². The highest BCUT2D eigenvalue weighted by Crippen LogP contribution is 2.22. The van der Waals surface area contributed by atoms with Gasteiger partial charge in [-0.05, 0) is 0 Å². The molecular formula is C10H14ClN3O3. The van der Waals surface area contributed by atoms with Crippen LogP contribution >= 0.6 is 11.6 Å². The third-order valence-electron chi connectivity index (χ3n) is 2.83. The van der Waals surface area contributed by atoms with E-state index in [-0.39, 0.29) is 5.02 Å². The number of aliphatic hydroxyl groups is 1. The highest BCUT2D eigenvalue weighted by atomic mass is 35.5. The maximum atomic E-state index is 11.2. The van der Waals surface area contributed by atoms with Crippen molar-refractivity contribution in [3.05, 3.63) is 21.6 Å². The van der Waals surface area contributed by atoms with Crippen molar-refractivity contribution in [3.8, 4) is 0 Å². The van der Waals surface area contributed by atoms with Crippen LogP contribution in [-0.2, 0) is 4.74 Å². The number of hydrogen-bond acceptors (Lipinski definition) is 5. The summed E-state index contributed by atoms with van der Waals surface area (Å²) in [6.45, 7) is 1.40. The van der Waals surface area contributed by atoms with Crippen molar-refractivity contribution in [2.24, 2.45) is 0 Å². The standard InChI is InChI=1S/C10H14ClN3O3/c11-8-7(5-13-14-9(8)15)12-6-10(16)1-3-17-4-2-10/h5,16H,1-4,6H2,(H2,12,14,15). The summed E-state index contributed by atoms with van der Waals surface area (Å²) in [6, 6.07) is 0. The third-order valence-corrected chi connectivity index (χ3v) is 3.20. The fourth-order valence-electron chi connectivity index (χ4n) is 1.69. The average Bonchev–Trinajstić information content (AvgIpc) is 2.32. The van der Waals surface area contributed by atoms with Crippen LogP contribution in [0.3, 0.4) is 0 Å². The molecule has 1 fully saturated rings. The van der Waals surface area contributed by atoms with Crippen molar-refractivity contribution < 1.29 is 9.84 Å². The van der Waals surface area contributed by atoms with Crippen LogP contribution in [0.15, 0.2) is 11.0 Å². The second-order valence-corrected chi connectivity index (χ2v) is 4.50. The van der Waals surface area contributed by atoms with Crippen molar-refractivity contribution in [1.82, 2.24) is 10.2 Å². The molecule has 6 nitrogen and oxygen atoms in total. The molecule has 17 heavy (non-hydrogen) atoms. The van der Waals surface area contributed by atoms with Crippen LogP contribution in [0.2, 0.25) is 5.02 Å². The van der Waals surface area contributed by atoms with E-state index in [0.29, 0.717) is 38.3 Å². The van der Waals surface area contributed by atoms with Gasteiger partial charge in [0.1, 0.15) is 5.02 Å². The molecule has 1 saturated heterocycles. The molecule has 0 spiro atoms. The van der Waals surface area contributed by atoms with Crippen molar-refractivity contribution >= 4 is 17.3 Å². The Hall–Kier alpha value is -1.11. The van der Waals surface area contributed by atoms with Crippen molar-refractivity contribution in [3.63, 3.8) is 0 Å². The SMILES string of the molecule is O=c1[nH]ncc(NCC2(O)CCOCC2)c1Cl. The first-order valence-corrected chi connectivity index (χ1v) is 5.76.